The summed E-state index contributed by atoms with van der Waals surface area (Å²) in [5.74, 6) is 0.831. The van der Waals surface area contributed by atoms with Gasteiger partial charge in [0.15, 0.2) is 0 Å². The maximum Gasteiger partial charge on any atom is 0.220 e. The molecule has 0 radical (unpaired) electrons. The molecule has 0 aromatic carbocycles. The van der Waals surface area contributed by atoms with Crippen LogP contribution in [0.4, 0.5) is 0 Å². The van der Waals surface area contributed by atoms with E-state index in [1.165, 1.54) is 45.7 Å². The van der Waals surface area contributed by atoms with E-state index in [1.807, 2.05) is 0 Å². The van der Waals surface area contributed by atoms with Gasteiger partial charge in [-0.15, -0.1) is 0 Å². The molecule has 1 N–H and O–H groups in total. The molecule has 4 nitrogen and oxygen atoms in total. The second-order valence-electron chi connectivity index (χ2n) is 6.27. The van der Waals surface area contributed by atoms with Crippen molar-refractivity contribution >= 4 is 5.91 Å². The molecule has 0 aromatic rings. The van der Waals surface area contributed by atoms with Crippen LogP contribution in [-0.4, -0.2) is 61.5 Å². The average molecular weight is 283 g/mol. The monoisotopic (exact) mass is 283 g/mol. The van der Waals surface area contributed by atoms with E-state index in [0.29, 0.717) is 12.3 Å². The second-order valence-corrected chi connectivity index (χ2v) is 6.27. The van der Waals surface area contributed by atoms with Crippen LogP contribution in [0.5, 0.6) is 0 Å². The zero-order valence-corrected chi connectivity index (χ0v) is 13.7. The fourth-order valence-electron chi connectivity index (χ4n) is 2.53. The van der Waals surface area contributed by atoms with E-state index in [2.05, 4.69) is 35.9 Å². The van der Waals surface area contributed by atoms with E-state index < -0.39 is 0 Å². The summed E-state index contributed by atoms with van der Waals surface area (Å²) in [6, 6.07) is 0. The van der Waals surface area contributed by atoms with Crippen molar-refractivity contribution in [2.75, 3.05) is 45.8 Å². The lowest BCUT2D eigenvalue weighted by atomic mass is 10.1. The van der Waals surface area contributed by atoms with Crippen LogP contribution in [0.25, 0.3) is 0 Å². The highest BCUT2D eigenvalue weighted by Gasteiger charge is 2.14. The Bertz CT molecular complexity index is 260. The summed E-state index contributed by atoms with van der Waals surface area (Å²) in [4.78, 5) is 16.6. The summed E-state index contributed by atoms with van der Waals surface area (Å²) in [5.41, 5.74) is 0. The van der Waals surface area contributed by atoms with Crippen LogP contribution in [0.15, 0.2) is 0 Å². The van der Waals surface area contributed by atoms with E-state index in [-0.39, 0.29) is 5.91 Å². The highest BCUT2D eigenvalue weighted by molar-refractivity contribution is 5.75. The third kappa shape index (κ3) is 7.85. The summed E-state index contributed by atoms with van der Waals surface area (Å²) in [5, 5.41) is 3.03. The molecule has 0 spiro atoms. The van der Waals surface area contributed by atoms with Gasteiger partial charge in [-0.2, -0.15) is 0 Å². The third-order valence-electron chi connectivity index (χ3n) is 4.08. The molecular formula is C16H33N3O. The van der Waals surface area contributed by atoms with Gasteiger partial charge in [-0.25, -0.2) is 0 Å². The van der Waals surface area contributed by atoms with Crippen molar-refractivity contribution in [1.82, 2.24) is 15.1 Å². The summed E-state index contributed by atoms with van der Waals surface area (Å²) in [6.45, 7) is 14.6. The van der Waals surface area contributed by atoms with Crippen LogP contribution in [0.2, 0.25) is 0 Å². The Balaban J connectivity index is 1.93. The Kier molecular flexibility index (Phi) is 8.86. The Hall–Kier alpha value is -0.610. The fraction of sp³-hybridized carbons (Fsp3) is 0.938. The lowest BCUT2D eigenvalue weighted by molar-refractivity contribution is -0.121. The Morgan fingerprint density at radius 3 is 2.35 bits per heavy atom. The molecule has 1 aliphatic heterocycles. The van der Waals surface area contributed by atoms with E-state index in [4.69, 9.17) is 0 Å². The van der Waals surface area contributed by atoms with Crippen LogP contribution in [0.1, 0.15) is 46.5 Å². The molecule has 0 bridgehead atoms. The van der Waals surface area contributed by atoms with Crippen molar-refractivity contribution in [1.29, 1.82) is 0 Å². The molecule has 0 unspecified atom stereocenters. The summed E-state index contributed by atoms with van der Waals surface area (Å²) in [7, 11) is 0. The molecule has 1 rings (SSSR count). The number of hydrogen-bond acceptors (Lipinski definition) is 3. The SMILES string of the molecule is CCN1CCN(CCCCNC(=O)CCC(C)C)CC1. The van der Waals surface area contributed by atoms with Crippen LogP contribution in [-0.2, 0) is 4.79 Å². The van der Waals surface area contributed by atoms with Crippen molar-refractivity contribution in [3.63, 3.8) is 0 Å². The van der Waals surface area contributed by atoms with Crippen molar-refractivity contribution < 1.29 is 4.79 Å². The van der Waals surface area contributed by atoms with Gasteiger partial charge in [-0.3, -0.25) is 4.79 Å². The van der Waals surface area contributed by atoms with Crippen LogP contribution < -0.4 is 5.32 Å². The van der Waals surface area contributed by atoms with Gasteiger partial charge in [0.1, 0.15) is 0 Å². The minimum absolute atomic E-state index is 0.218. The van der Waals surface area contributed by atoms with Gasteiger partial charge in [-0.1, -0.05) is 20.8 Å². The second kappa shape index (κ2) is 10.2. The van der Waals surface area contributed by atoms with Crippen molar-refractivity contribution in [2.24, 2.45) is 5.92 Å². The lowest BCUT2D eigenvalue weighted by Crippen LogP contribution is -2.46. The Morgan fingerprint density at radius 1 is 1.10 bits per heavy atom. The Labute approximate surface area is 124 Å². The summed E-state index contributed by atoms with van der Waals surface area (Å²) in [6.07, 6.45) is 3.96. The predicted octanol–water partition coefficient (Wildman–Crippen LogP) is 1.96. The molecular weight excluding hydrogens is 250 g/mol. The van der Waals surface area contributed by atoms with E-state index >= 15 is 0 Å². The van der Waals surface area contributed by atoms with Gasteiger partial charge in [0, 0.05) is 39.1 Å². The fourth-order valence-corrected chi connectivity index (χ4v) is 2.53. The lowest BCUT2D eigenvalue weighted by Gasteiger charge is -2.33. The van der Waals surface area contributed by atoms with Gasteiger partial charge in [0.2, 0.25) is 5.91 Å². The van der Waals surface area contributed by atoms with Gasteiger partial charge in [0.25, 0.3) is 0 Å². The van der Waals surface area contributed by atoms with Gasteiger partial charge in [-0.05, 0) is 38.3 Å². The number of unbranched alkanes of at least 4 members (excludes halogenated alkanes) is 1. The van der Waals surface area contributed by atoms with Crippen LogP contribution in [0.3, 0.4) is 0 Å². The van der Waals surface area contributed by atoms with Crippen molar-refractivity contribution in [2.45, 2.75) is 46.5 Å². The van der Waals surface area contributed by atoms with Crippen molar-refractivity contribution in [3.8, 4) is 0 Å². The van der Waals surface area contributed by atoms with Crippen molar-refractivity contribution in [3.05, 3.63) is 0 Å². The molecule has 0 atom stereocenters. The highest BCUT2D eigenvalue weighted by atomic mass is 16.1. The zero-order valence-electron chi connectivity index (χ0n) is 13.7. The quantitative estimate of drug-likeness (QED) is 0.657. The molecule has 0 saturated carbocycles. The molecule has 1 fully saturated rings. The summed E-state index contributed by atoms with van der Waals surface area (Å²) < 4.78 is 0. The molecule has 20 heavy (non-hydrogen) atoms. The molecule has 118 valence electrons. The van der Waals surface area contributed by atoms with Gasteiger partial charge >= 0.3 is 0 Å². The number of rotatable bonds is 9. The number of carbonyl (C=O) groups excluding carboxylic acids is 1. The normalized spacial score (nSPS) is 17.6. The van der Waals surface area contributed by atoms with Crippen LogP contribution in [0, 0.1) is 5.92 Å². The molecule has 1 saturated heterocycles. The number of likely N-dealkylation sites (N-methyl/N-ethyl adjacent to an activating group) is 1. The number of carbonyl (C=O) groups is 1. The number of hydrogen-bond donors (Lipinski definition) is 1. The number of nitrogens with one attached hydrogen (secondary N) is 1. The highest BCUT2D eigenvalue weighted by Crippen LogP contribution is 2.04. The molecule has 4 heteroatoms. The maximum atomic E-state index is 11.6. The zero-order chi connectivity index (χ0) is 14.8. The first-order valence-corrected chi connectivity index (χ1v) is 8.33. The molecule has 0 aliphatic carbocycles. The minimum atomic E-state index is 0.218. The first-order valence-electron chi connectivity index (χ1n) is 8.33. The third-order valence-corrected chi connectivity index (χ3v) is 4.08. The summed E-state index contributed by atoms with van der Waals surface area (Å²) >= 11 is 0. The predicted molar refractivity (Wildman–Crippen MR) is 84.9 cm³/mol. The first-order chi connectivity index (χ1) is 9.61. The number of amides is 1. The average Bonchev–Trinajstić information content (AvgIpc) is 2.45. The largest absolute Gasteiger partial charge is 0.356 e. The smallest absolute Gasteiger partial charge is 0.220 e. The topological polar surface area (TPSA) is 35.6 Å². The van der Waals surface area contributed by atoms with Crippen LogP contribution >= 0.6 is 0 Å². The van der Waals surface area contributed by atoms with E-state index in [9.17, 15) is 4.79 Å². The molecule has 1 aliphatic rings. The standard InChI is InChI=1S/C16H33N3O/c1-4-18-11-13-19(14-12-18)10-6-5-9-17-16(20)8-7-15(2)3/h15H,4-14H2,1-3H3,(H,17,20). The first kappa shape index (κ1) is 17.4. The maximum absolute atomic E-state index is 11.6. The molecule has 0 aromatic heterocycles. The van der Waals surface area contributed by atoms with E-state index in [1.54, 1.807) is 0 Å². The van der Waals surface area contributed by atoms with E-state index in [0.717, 1.165) is 19.4 Å². The Morgan fingerprint density at radius 2 is 1.75 bits per heavy atom. The molecule has 1 heterocycles. The van der Waals surface area contributed by atoms with Gasteiger partial charge < -0.3 is 15.1 Å². The number of nitrogens with zero attached hydrogens (tertiary/aromatic N) is 2. The number of piperazine rings is 1. The van der Waals surface area contributed by atoms with Gasteiger partial charge in [0.05, 0.1) is 0 Å². The molecule has 1 amide bonds. The minimum Gasteiger partial charge on any atom is -0.356 e.